The highest BCUT2D eigenvalue weighted by Gasteiger charge is 2.31. The zero-order chi connectivity index (χ0) is 12.9. The summed E-state index contributed by atoms with van der Waals surface area (Å²) >= 11 is 0. The molecule has 6 heteroatoms. The highest BCUT2D eigenvalue weighted by molar-refractivity contribution is 5.30. The number of rotatable bonds is 5. The van der Waals surface area contributed by atoms with Gasteiger partial charge in [-0.25, -0.2) is 4.39 Å². The van der Waals surface area contributed by atoms with Gasteiger partial charge < -0.3 is 9.47 Å². The molecule has 96 valence electrons. The molecule has 0 spiro atoms. The predicted octanol–water partition coefficient (Wildman–Crippen LogP) is 3.26. The first-order valence-corrected chi connectivity index (χ1v) is 5.02. The van der Waals surface area contributed by atoms with Crippen molar-refractivity contribution in [1.29, 1.82) is 0 Å². The molecule has 0 fully saturated rings. The molecule has 0 N–H and O–H groups in total. The van der Waals surface area contributed by atoms with E-state index in [1.54, 1.807) is 6.92 Å². The third-order valence-electron chi connectivity index (χ3n) is 1.95. The molecule has 17 heavy (non-hydrogen) atoms. The van der Waals surface area contributed by atoms with Gasteiger partial charge in [-0.2, -0.15) is 13.2 Å². The molecule has 0 aliphatic heterocycles. The lowest BCUT2D eigenvalue weighted by molar-refractivity contribution is -0.137. The molecule has 0 bridgehead atoms. The fourth-order valence-electron chi connectivity index (χ4n) is 1.15. The lowest BCUT2D eigenvalue weighted by Gasteiger charge is -2.10. The van der Waals surface area contributed by atoms with Crippen molar-refractivity contribution in [1.82, 2.24) is 0 Å². The van der Waals surface area contributed by atoms with E-state index in [1.165, 1.54) is 0 Å². The van der Waals surface area contributed by atoms with Crippen LogP contribution in [0.2, 0.25) is 0 Å². The number of hydrogen-bond donors (Lipinski definition) is 0. The quantitative estimate of drug-likeness (QED) is 0.591. The van der Waals surface area contributed by atoms with Gasteiger partial charge in [-0.3, -0.25) is 0 Å². The van der Waals surface area contributed by atoms with Gasteiger partial charge in [0.2, 0.25) is 0 Å². The minimum absolute atomic E-state index is 0.0934. The van der Waals surface area contributed by atoms with Crippen LogP contribution in [0, 0.1) is 5.82 Å². The van der Waals surface area contributed by atoms with Crippen LogP contribution in [-0.2, 0) is 10.9 Å². The summed E-state index contributed by atoms with van der Waals surface area (Å²) in [5.41, 5.74) is -1.04. The van der Waals surface area contributed by atoms with E-state index in [1.807, 2.05) is 0 Å². The molecule has 1 aromatic carbocycles. The number of halogens is 4. The summed E-state index contributed by atoms with van der Waals surface area (Å²) in [6, 6.07) is 2.15. The second-order valence-corrected chi connectivity index (χ2v) is 3.19. The summed E-state index contributed by atoms with van der Waals surface area (Å²) in [6.07, 6.45) is -4.55. The smallest absolute Gasteiger partial charge is 0.416 e. The van der Waals surface area contributed by atoms with Crippen molar-refractivity contribution in [3.8, 4) is 5.75 Å². The lowest BCUT2D eigenvalue weighted by Crippen LogP contribution is -2.09. The summed E-state index contributed by atoms with van der Waals surface area (Å²) < 4.78 is 59.8. The van der Waals surface area contributed by atoms with Crippen molar-refractivity contribution in [2.75, 3.05) is 19.8 Å². The van der Waals surface area contributed by atoms with E-state index >= 15 is 0 Å². The Labute approximate surface area is 96.1 Å². The van der Waals surface area contributed by atoms with Gasteiger partial charge in [0.1, 0.15) is 6.61 Å². The topological polar surface area (TPSA) is 18.5 Å². The summed E-state index contributed by atoms with van der Waals surface area (Å²) in [6.45, 7) is 2.64. The first kappa shape index (κ1) is 13.8. The summed E-state index contributed by atoms with van der Waals surface area (Å²) in [7, 11) is 0. The summed E-state index contributed by atoms with van der Waals surface area (Å²) in [5.74, 6) is -1.24. The summed E-state index contributed by atoms with van der Waals surface area (Å²) in [5, 5.41) is 0. The summed E-state index contributed by atoms with van der Waals surface area (Å²) in [4.78, 5) is 0. The Kier molecular flexibility index (Phi) is 4.74. The monoisotopic (exact) mass is 252 g/mol. The maximum atomic E-state index is 13.2. The van der Waals surface area contributed by atoms with Crippen LogP contribution in [0.15, 0.2) is 18.2 Å². The minimum Gasteiger partial charge on any atom is -0.488 e. The fraction of sp³-hybridized carbons (Fsp3) is 0.455. The number of ether oxygens (including phenoxy) is 2. The first-order chi connectivity index (χ1) is 7.95. The molecule has 0 aromatic heterocycles. The lowest BCUT2D eigenvalue weighted by atomic mass is 10.2. The van der Waals surface area contributed by atoms with Crippen LogP contribution >= 0.6 is 0 Å². The molecule has 0 atom stereocenters. The fourth-order valence-corrected chi connectivity index (χ4v) is 1.15. The van der Waals surface area contributed by atoms with E-state index in [9.17, 15) is 17.6 Å². The first-order valence-electron chi connectivity index (χ1n) is 5.02. The third kappa shape index (κ3) is 4.22. The Bertz CT molecular complexity index is 363. The zero-order valence-corrected chi connectivity index (χ0v) is 9.18. The molecule has 0 aliphatic rings. The van der Waals surface area contributed by atoms with Crippen molar-refractivity contribution in [3.05, 3.63) is 29.6 Å². The van der Waals surface area contributed by atoms with Crippen LogP contribution in [-0.4, -0.2) is 19.8 Å². The van der Waals surface area contributed by atoms with Gasteiger partial charge in [0.25, 0.3) is 0 Å². The van der Waals surface area contributed by atoms with Crippen molar-refractivity contribution in [2.24, 2.45) is 0 Å². The van der Waals surface area contributed by atoms with Gasteiger partial charge in [-0.05, 0) is 25.1 Å². The Balaban J connectivity index is 2.64. The van der Waals surface area contributed by atoms with Crippen LogP contribution in [0.25, 0.3) is 0 Å². The molecule has 0 amide bonds. The van der Waals surface area contributed by atoms with Gasteiger partial charge in [0.15, 0.2) is 11.6 Å². The molecule has 1 rings (SSSR count). The van der Waals surface area contributed by atoms with Crippen molar-refractivity contribution in [3.63, 3.8) is 0 Å². The molecule has 0 saturated heterocycles. The molecule has 0 saturated carbocycles. The normalized spacial score (nSPS) is 11.6. The SMILES string of the molecule is CCOCCOc1ccc(C(F)(F)F)cc1F. The standard InChI is InChI=1S/C11H12F4O2/c1-2-16-5-6-17-10-4-3-8(7-9(10)12)11(13,14)15/h3-4,7H,2,5-6H2,1H3. The molecular formula is C11H12F4O2. The maximum Gasteiger partial charge on any atom is 0.416 e. The molecule has 1 aromatic rings. The van der Waals surface area contributed by atoms with E-state index < -0.39 is 17.6 Å². The Morgan fingerprint density at radius 3 is 2.41 bits per heavy atom. The van der Waals surface area contributed by atoms with Gasteiger partial charge in [-0.1, -0.05) is 0 Å². The average molecular weight is 252 g/mol. The van der Waals surface area contributed by atoms with Gasteiger partial charge in [0, 0.05) is 6.61 Å². The molecule has 0 radical (unpaired) electrons. The second-order valence-electron chi connectivity index (χ2n) is 3.19. The predicted molar refractivity (Wildman–Crippen MR) is 53.4 cm³/mol. The van der Waals surface area contributed by atoms with Crippen molar-refractivity contribution >= 4 is 0 Å². The molecule has 0 heterocycles. The Hall–Kier alpha value is -1.30. The molecular weight excluding hydrogens is 240 g/mol. The largest absolute Gasteiger partial charge is 0.488 e. The molecule has 2 nitrogen and oxygen atoms in total. The maximum absolute atomic E-state index is 13.2. The zero-order valence-electron chi connectivity index (χ0n) is 9.18. The molecule has 0 unspecified atom stereocenters. The number of hydrogen-bond acceptors (Lipinski definition) is 2. The van der Waals surface area contributed by atoms with E-state index in [-0.39, 0.29) is 19.0 Å². The second kappa shape index (κ2) is 5.86. The molecule has 0 aliphatic carbocycles. The number of benzene rings is 1. The van der Waals surface area contributed by atoms with E-state index in [4.69, 9.17) is 9.47 Å². The van der Waals surface area contributed by atoms with E-state index in [2.05, 4.69) is 0 Å². The third-order valence-corrected chi connectivity index (χ3v) is 1.95. The van der Waals surface area contributed by atoms with Crippen molar-refractivity contribution in [2.45, 2.75) is 13.1 Å². The van der Waals surface area contributed by atoms with Crippen molar-refractivity contribution < 1.29 is 27.0 Å². The Morgan fingerprint density at radius 2 is 1.88 bits per heavy atom. The highest BCUT2D eigenvalue weighted by atomic mass is 19.4. The van der Waals surface area contributed by atoms with Crippen LogP contribution in [0.4, 0.5) is 17.6 Å². The Morgan fingerprint density at radius 1 is 1.18 bits per heavy atom. The number of alkyl halides is 3. The van der Waals surface area contributed by atoms with Crippen LogP contribution in [0.5, 0.6) is 5.75 Å². The average Bonchev–Trinajstić information content (AvgIpc) is 2.24. The minimum atomic E-state index is -4.55. The van der Waals surface area contributed by atoms with Gasteiger partial charge in [0.05, 0.1) is 12.2 Å². The van der Waals surface area contributed by atoms with Crippen LogP contribution in [0.1, 0.15) is 12.5 Å². The van der Waals surface area contributed by atoms with E-state index in [0.29, 0.717) is 12.7 Å². The van der Waals surface area contributed by atoms with Crippen LogP contribution in [0.3, 0.4) is 0 Å². The highest BCUT2D eigenvalue weighted by Crippen LogP contribution is 2.31. The van der Waals surface area contributed by atoms with Gasteiger partial charge in [-0.15, -0.1) is 0 Å². The van der Waals surface area contributed by atoms with Gasteiger partial charge >= 0.3 is 6.18 Å². The van der Waals surface area contributed by atoms with Crippen LogP contribution < -0.4 is 4.74 Å². The van der Waals surface area contributed by atoms with E-state index in [0.717, 1.165) is 12.1 Å².